The highest BCUT2D eigenvalue weighted by atomic mass is 35.5. The summed E-state index contributed by atoms with van der Waals surface area (Å²) in [7, 11) is 1.62. The molecule has 1 aliphatic heterocycles. The van der Waals surface area contributed by atoms with Gasteiger partial charge in [-0.05, 0) is 36.8 Å². The van der Waals surface area contributed by atoms with Crippen LogP contribution in [0.25, 0.3) is 11.2 Å². The molecule has 3 heterocycles. The Morgan fingerprint density at radius 1 is 1.03 bits per heavy atom. The first-order valence-electron chi connectivity index (χ1n) is 9.84. The highest BCUT2D eigenvalue weighted by Crippen LogP contribution is 2.32. The van der Waals surface area contributed by atoms with E-state index in [1.165, 1.54) is 9.13 Å². The molecule has 0 fully saturated rings. The number of hydrogen-bond acceptors (Lipinski definition) is 4. The smallest absolute Gasteiger partial charge is 0.310 e. The first-order chi connectivity index (χ1) is 14.9. The van der Waals surface area contributed by atoms with Crippen LogP contribution in [0, 0.1) is 6.92 Å². The Labute approximate surface area is 187 Å². The van der Waals surface area contributed by atoms with Crippen molar-refractivity contribution in [3.8, 4) is 0 Å². The summed E-state index contributed by atoms with van der Waals surface area (Å²) < 4.78 is 4.45. The summed E-state index contributed by atoms with van der Waals surface area (Å²) in [4.78, 5) is 33.2. The summed E-state index contributed by atoms with van der Waals surface area (Å²) in [6, 6.07) is 13.2. The lowest BCUT2D eigenvalue weighted by atomic mass is 10.2. The van der Waals surface area contributed by atoms with E-state index in [1.54, 1.807) is 25.2 Å². The quantitative estimate of drug-likeness (QED) is 0.472. The molecule has 0 unspecified atom stereocenters. The van der Waals surface area contributed by atoms with E-state index in [0.717, 1.165) is 11.3 Å². The highest BCUT2D eigenvalue weighted by molar-refractivity contribution is 6.35. The van der Waals surface area contributed by atoms with Crippen LogP contribution < -0.4 is 16.1 Å². The van der Waals surface area contributed by atoms with Gasteiger partial charge in [0.25, 0.3) is 5.56 Å². The third-order valence-electron chi connectivity index (χ3n) is 5.69. The van der Waals surface area contributed by atoms with E-state index in [0.29, 0.717) is 45.8 Å². The van der Waals surface area contributed by atoms with Crippen LogP contribution in [0.4, 0.5) is 11.6 Å². The number of hydrogen-bond donors (Lipinski definition) is 0. The van der Waals surface area contributed by atoms with Crippen molar-refractivity contribution in [2.24, 2.45) is 7.05 Å². The van der Waals surface area contributed by atoms with Crippen molar-refractivity contribution in [2.75, 3.05) is 11.4 Å². The number of nitrogens with zero attached hydrogens (tertiary/aromatic N) is 5. The molecule has 5 rings (SSSR count). The first kappa shape index (κ1) is 19.9. The highest BCUT2D eigenvalue weighted by Gasteiger charge is 2.29. The summed E-state index contributed by atoms with van der Waals surface area (Å²) in [6.07, 6.45) is 0. The fourth-order valence-electron chi connectivity index (χ4n) is 4.10. The number of benzene rings is 2. The van der Waals surface area contributed by atoms with E-state index < -0.39 is 11.2 Å². The minimum Gasteiger partial charge on any atom is -0.310 e. The molecule has 2 aromatic heterocycles. The van der Waals surface area contributed by atoms with Crippen molar-refractivity contribution in [3.63, 3.8) is 0 Å². The molecule has 0 amide bonds. The Balaban J connectivity index is 1.70. The molecule has 0 radical (unpaired) electrons. The van der Waals surface area contributed by atoms with Crippen molar-refractivity contribution in [1.29, 1.82) is 0 Å². The van der Waals surface area contributed by atoms with Crippen LogP contribution in [0.3, 0.4) is 0 Å². The average Bonchev–Trinajstić information content (AvgIpc) is 3.31. The van der Waals surface area contributed by atoms with Gasteiger partial charge in [-0.2, -0.15) is 4.98 Å². The molecule has 0 N–H and O–H groups in total. The molecule has 31 heavy (non-hydrogen) atoms. The van der Waals surface area contributed by atoms with Crippen molar-refractivity contribution in [1.82, 2.24) is 18.7 Å². The van der Waals surface area contributed by atoms with Crippen molar-refractivity contribution >= 4 is 46.0 Å². The van der Waals surface area contributed by atoms with Crippen LogP contribution in [0.5, 0.6) is 0 Å². The molecular formula is C22H19Cl2N5O2. The van der Waals surface area contributed by atoms with Crippen LogP contribution in [-0.4, -0.2) is 25.2 Å². The van der Waals surface area contributed by atoms with Gasteiger partial charge in [-0.15, -0.1) is 0 Å². The van der Waals surface area contributed by atoms with Crippen LogP contribution in [0.15, 0.2) is 52.1 Å². The molecule has 2 aromatic carbocycles. The van der Waals surface area contributed by atoms with Crippen molar-refractivity contribution < 1.29 is 0 Å². The van der Waals surface area contributed by atoms with Gasteiger partial charge in [0.1, 0.15) is 0 Å². The molecule has 0 atom stereocenters. The fraction of sp³-hybridized carbons (Fsp3) is 0.227. The zero-order valence-electron chi connectivity index (χ0n) is 17.0. The number of rotatable bonds is 3. The zero-order chi connectivity index (χ0) is 21.9. The Hall–Kier alpha value is -3.03. The zero-order valence-corrected chi connectivity index (χ0v) is 18.5. The third-order valence-corrected chi connectivity index (χ3v) is 6.40. The minimum atomic E-state index is -0.465. The van der Waals surface area contributed by atoms with Gasteiger partial charge in [-0.1, -0.05) is 41.4 Å². The maximum absolute atomic E-state index is 13.4. The van der Waals surface area contributed by atoms with Crippen LogP contribution >= 0.6 is 23.2 Å². The Kier molecular flexibility index (Phi) is 4.68. The van der Waals surface area contributed by atoms with Gasteiger partial charge in [0.05, 0.1) is 6.54 Å². The van der Waals surface area contributed by atoms with Gasteiger partial charge >= 0.3 is 5.69 Å². The summed E-state index contributed by atoms with van der Waals surface area (Å²) in [5, 5.41) is 0.816. The van der Waals surface area contributed by atoms with Gasteiger partial charge < -0.3 is 9.47 Å². The van der Waals surface area contributed by atoms with Crippen molar-refractivity contribution in [2.45, 2.75) is 20.0 Å². The maximum Gasteiger partial charge on any atom is 0.332 e. The predicted molar refractivity (Wildman–Crippen MR) is 123 cm³/mol. The standard InChI is InChI=1S/C22H19Cl2N5O2/c1-13-5-3-6-14(11-13)27-9-10-28-18-19(25-21(27)28)26(2)22(31)29(20(18)30)12-15-16(23)7-4-8-17(15)24/h3-8,11H,9-10,12H2,1-2H3. The number of fused-ring (bicyclic) bond motifs is 3. The van der Waals surface area contributed by atoms with Crippen molar-refractivity contribution in [3.05, 3.63) is 84.5 Å². The molecule has 0 bridgehead atoms. The lowest BCUT2D eigenvalue weighted by molar-refractivity contribution is 0.652. The monoisotopic (exact) mass is 455 g/mol. The molecule has 0 aliphatic carbocycles. The van der Waals surface area contributed by atoms with E-state index in [-0.39, 0.29) is 6.54 Å². The van der Waals surface area contributed by atoms with E-state index in [9.17, 15) is 9.59 Å². The molecule has 4 aromatic rings. The summed E-state index contributed by atoms with van der Waals surface area (Å²) in [6.45, 7) is 3.31. The molecule has 1 aliphatic rings. The molecular weight excluding hydrogens is 437 g/mol. The number of aromatic nitrogens is 4. The first-order valence-corrected chi connectivity index (χ1v) is 10.6. The van der Waals surface area contributed by atoms with Crippen LogP contribution in [-0.2, 0) is 20.1 Å². The fourth-order valence-corrected chi connectivity index (χ4v) is 4.62. The molecule has 7 nitrogen and oxygen atoms in total. The lowest BCUT2D eigenvalue weighted by Gasteiger charge is -2.16. The van der Waals surface area contributed by atoms with E-state index in [1.807, 2.05) is 29.7 Å². The Bertz CT molecular complexity index is 1450. The number of aryl methyl sites for hydroxylation is 2. The normalized spacial score (nSPS) is 13.2. The molecule has 0 saturated carbocycles. The largest absolute Gasteiger partial charge is 0.332 e. The van der Waals surface area contributed by atoms with Gasteiger partial charge in [-0.25, -0.2) is 4.79 Å². The van der Waals surface area contributed by atoms with Gasteiger partial charge in [0.15, 0.2) is 11.2 Å². The van der Waals surface area contributed by atoms with Gasteiger partial charge in [0, 0.05) is 41.4 Å². The molecule has 9 heteroatoms. The second kappa shape index (κ2) is 7.28. The SMILES string of the molecule is Cc1cccc(N2CCn3c2nc2c3c(=O)n(Cc3c(Cl)cccc3Cl)c(=O)n2C)c1. The Morgan fingerprint density at radius 3 is 2.45 bits per heavy atom. The predicted octanol–water partition coefficient (Wildman–Crippen LogP) is 3.71. The van der Waals surface area contributed by atoms with Crippen LogP contribution in [0.2, 0.25) is 10.0 Å². The molecule has 0 spiro atoms. The molecule has 0 saturated heterocycles. The lowest BCUT2D eigenvalue weighted by Crippen LogP contribution is -2.40. The third kappa shape index (κ3) is 3.07. The second-order valence-corrected chi connectivity index (χ2v) is 8.47. The minimum absolute atomic E-state index is 0.0118. The summed E-state index contributed by atoms with van der Waals surface area (Å²) >= 11 is 12.6. The van der Waals surface area contributed by atoms with E-state index in [2.05, 4.69) is 16.0 Å². The summed E-state index contributed by atoms with van der Waals surface area (Å²) in [5.74, 6) is 0.654. The number of imidazole rings is 1. The van der Waals surface area contributed by atoms with Gasteiger partial charge in [-0.3, -0.25) is 13.9 Å². The summed E-state index contributed by atoms with van der Waals surface area (Å²) in [5.41, 5.74) is 2.57. The maximum atomic E-state index is 13.4. The molecule has 158 valence electrons. The topological polar surface area (TPSA) is 65.1 Å². The van der Waals surface area contributed by atoms with E-state index >= 15 is 0 Å². The number of anilines is 2. The van der Waals surface area contributed by atoms with E-state index in [4.69, 9.17) is 23.2 Å². The number of halogens is 2. The Morgan fingerprint density at radius 2 is 1.74 bits per heavy atom. The average molecular weight is 456 g/mol. The second-order valence-electron chi connectivity index (χ2n) is 7.66. The van der Waals surface area contributed by atoms with Crippen LogP contribution in [0.1, 0.15) is 11.1 Å². The van der Waals surface area contributed by atoms with Gasteiger partial charge in [0.2, 0.25) is 5.95 Å².